The number of sulfone groups is 1. The molecule has 0 spiro atoms. The highest BCUT2D eigenvalue weighted by molar-refractivity contribution is 7.91. The Balaban J connectivity index is 2.28. The minimum absolute atomic E-state index is 0.109. The first-order chi connectivity index (χ1) is 9.71. The van der Waals surface area contributed by atoms with Crippen molar-refractivity contribution in [3.05, 3.63) is 23.8 Å². The molecule has 6 nitrogen and oxygen atoms in total. The summed E-state index contributed by atoms with van der Waals surface area (Å²) < 4.78 is 23.3. The van der Waals surface area contributed by atoms with E-state index in [-0.39, 0.29) is 23.5 Å². The average Bonchev–Trinajstić information content (AvgIpc) is 2.37. The van der Waals surface area contributed by atoms with E-state index in [9.17, 15) is 13.2 Å². The summed E-state index contributed by atoms with van der Waals surface area (Å²) in [5.41, 5.74) is 7.86. The predicted octanol–water partition coefficient (Wildman–Crippen LogP) is 0.594. The van der Waals surface area contributed by atoms with Gasteiger partial charge >= 0.3 is 0 Å². The number of anilines is 2. The lowest BCUT2D eigenvalue weighted by molar-refractivity contribution is 0.0827. The Morgan fingerprint density at radius 2 is 2.05 bits per heavy atom. The van der Waals surface area contributed by atoms with Crippen molar-refractivity contribution in [2.24, 2.45) is 0 Å². The minimum atomic E-state index is -2.96. The SMILES string of the molecule is CC1CS(=O)(=O)CCN1c1ccc(C(=O)N(C)C)cc1N. The second-order valence-corrected chi connectivity index (χ2v) is 7.86. The number of benzene rings is 1. The summed E-state index contributed by atoms with van der Waals surface area (Å²) in [6, 6.07) is 5.04. The second kappa shape index (κ2) is 5.55. The highest BCUT2D eigenvalue weighted by Crippen LogP contribution is 2.28. The first-order valence-corrected chi connectivity index (χ1v) is 8.61. The van der Waals surface area contributed by atoms with Gasteiger partial charge in [-0.3, -0.25) is 4.79 Å². The lowest BCUT2D eigenvalue weighted by Gasteiger charge is -2.35. The van der Waals surface area contributed by atoms with Gasteiger partial charge in [-0.05, 0) is 25.1 Å². The first-order valence-electron chi connectivity index (χ1n) is 6.79. The number of nitrogens with zero attached hydrogens (tertiary/aromatic N) is 2. The topological polar surface area (TPSA) is 83.7 Å². The van der Waals surface area contributed by atoms with Crippen LogP contribution in [0.2, 0.25) is 0 Å². The molecule has 1 aliphatic heterocycles. The van der Waals surface area contributed by atoms with Crippen LogP contribution in [0.3, 0.4) is 0 Å². The highest BCUT2D eigenvalue weighted by Gasteiger charge is 2.29. The quantitative estimate of drug-likeness (QED) is 0.808. The highest BCUT2D eigenvalue weighted by atomic mass is 32.2. The fourth-order valence-electron chi connectivity index (χ4n) is 2.56. The van der Waals surface area contributed by atoms with E-state index < -0.39 is 9.84 Å². The molecule has 116 valence electrons. The van der Waals surface area contributed by atoms with Gasteiger partial charge in [-0.1, -0.05) is 0 Å². The van der Waals surface area contributed by atoms with Crippen LogP contribution < -0.4 is 10.6 Å². The molecule has 0 saturated carbocycles. The van der Waals surface area contributed by atoms with Gasteiger partial charge in [0.2, 0.25) is 0 Å². The number of carbonyl (C=O) groups is 1. The van der Waals surface area contributed by atoms with E-state index in [0.717, 1.165) is 5.69 Å². The van der Waals surface area contributed by atoms with E-state index in [2.05, 4.69) is 0 Å². The number of carbonyl (C=O) groups excluding carboxylic acids is 1. The average molecular weight is 311 g/mol. The molecule has 0 aliphatic carbocycles. The van der Waals surface area contributed by atoms with Crippen molar-refractivity contribution in [3.8, 4) is 0 Å². The van der Waals surface area contributed by atoms with Crippen LogP contribution in [0.15, 0.2) is 18.2 Å². The first kappa shape index (κ1) is 15.6. The number of hydrogen-bond acceptors (Lipinski definition) is 5. The molecule has 2 N–H and O–H groups in total. The Morgan fingerprint density at radius 3 is 2.57 bits per heavy atom. The Bertz CT molecular complexity index is 655. The molecule has 1 heterocycles. The Kier molecular flexibility index (Phi) is 4.13. The van der Waals surface area contributed by atoms with Gasteiger partial charge in [0.1, 0.15) is 0 Å². The fourth-order valence-corrected chi connectivity index (χ4v) is 4.12. The number of rotatable bonds is 2. The lowest BCUT2D eigenvalue weighted by atomic mass is 10.1. The van der Waals surface area contributed by atoms with Crippen molar-refractivity contribution in [2.75, 3.05) is 42.8 Å². The maximum atomic E-state index is 11.9. The molecule has 21 heavy (non-hydrogen) atoms. The molecule has 1 fully saturated rings. The van der Waals surface area contributed by atoms with Crippen LogP contribution in [0, 0.1) is 0 Å². The van der Waals surface area contributed by atoms with E-state index in [0.29, 0.717) is 17.8 Å². The number of nitrogen functional groups attached to an aromatic ring is 1. The zero-order valence-electron chi connectivity index (χ0n) is 12.5. The molecule has 2 rings (SSSR count). The van der Waals surface area contributed by atoms with Crippen LogP contribution in [0.4, 0.5) is 11.4 Å². The monoisotopic (exact) mass is 311 g/mol. The Labute approximate surface area is 125 Å². The van der Waals surface area contributed by atoms with Crippen molar-refractivity contribution in [2.45, 2.75) is 13.0 Å². The maximum Gasteiger partial charge on any atom is 0.253 e. The van der Waals surface area contributed by atoms with Gasteiger partial charge in [0.05, 0.1) is 22.9 Å². The molecule has 1 aromatic rings. The zero-order chi connectivity index (χ0) is 15.8. The number of amides is 1. The van der Waals surface area contributed by atoms with Gasteiger partial charge in [-0.2, -0.15) is 0 Å². The molecule has 0 aromatic heterocycles. The van der Waals surface area contributed by atoms with Crippen LogP contribution >= 0.6 is 0 Å². The van der Waals surface area contributed by atoms with Gasteiger partial charge in [-0.15, -0.1) is 0 Å². The largest absolute Gasteiger partial charge is 0.397 e. The summed E-state index contributed by atoms with van der Waals surface area (Å²) in [5, 5.41) is 0. The van der Waals surface area contributed by atoms with Crippen molar-refractivity contribution in [1.29, 1.82) is 0 Å². The summed E-state index contributed by atoms with van der Waals surface area (Å²) in [6.45, 7) is 2.30. The molecule has 0 bridgehead atoms. The molecule has 1 atom stereocenters. The van der Waals surface area contributed by atoms with Crippen molar-refractivity contribution in [1.82, 2.24) is 4.90 Å². The Hall–Kier alpha value is -1.76. The van der Waals surface area contributed by atoms with E-state index in [4.69, 9.17) is 5.73 Å². The molecule has 1 amide bonds. The van der Waals surface area contributed by atoms with Gasteiger partial charge in [0.25, 0.3) is 5.91 Å². The van der Waals surface area contributed by atoms with Crippen LogP contribution in [0.1, 0.15) is 17.3 Å². The van der Waals surface area contributed by atoms with Crippen LogP contribution in [0.5, 0.6) is 0 Å². The van der Waals surface area contributed by atoms with Crippen molar-refractivity contribution >= 4 is 27.1 Å². The van der Waals surface area contributed by atoms with E-state index in [1.54, 1.807) is 32.3 Å². The predicted molar refractivity (Wildman–Crippen MR) is 84.3 cm³/mol. The summed E-state index contributed by atoms with van der Waals surface area (Å²) in [4.78, 5) is 15.4. The smallest absolute Gasteiger partial charge is 0.253 e. The lowest BCUT2D eigenvalue weighted by Crippen LogP contribution is -2.47. The molecule has 1 aromatic carbocycles. The Morgan fingerprint density at radius 1 is 1.38 bits per heavy atom. The van der Waals surface area contributed by atoms with Crippen molar-refractivity contribution in [3.63, 3.8) is 0 Å². The molecular formula is C14H21N3O3S. The number of hydrogen-bond donors (Lipinski definition) is 1. The third-order valence-corrected chi connectivity index (χ3v) is 5.46. The molecule has 0 radical (unpaired) electrons. The van der Waals surface area contributed by atoms with Gasteiger partial charge in [-0.25, -0.2) is 8.42 Å². The number of nitrogens with two attached hydrogens (primary N) is 1. The molecule has 1 unspecified atom stereocenters. The molecule has 1 aliphatic rings. The van der Waals surface area contributed by atoms with Gasteiger partial charge < -0.3 is 15.5 Å². The maximum absolute atomic E-state index is 11.9. The van der Waals surface area contributed by atoms with Crippen LogP contribution in [0.25, 0.3) is 0 Å². The van der Waals surface area contributed by atoms with E-state index in [1.165, 1.54) is 4.90 Å². The van der Waals surface area contributed by atoms with Gasteiger partial charge in [0, 0.05) is 32.2 Å². The minimum Gasteiger partial charge on any atom is -0.397 e. The standard InChI is InChI=1S/C14H21N3O3S/c1-10-9-21(19,20)7-6-17(10)13-5-4-11(8-12(13)15)14(18)16(2)3/h4-5,8,10H,6-7,9,15H2,1-3H3. The van der Waals surface area contributed by atoms with Crippen LogP contribution in [-0.4, -0.2) is 57.4 Å². The third-order valence-electron chi connectivity index (χ3n) is 3.66. The van der Waals surface area contributed by atoms with E-state index in [1.807, 2.05) is 11.8 Å². The summed E-state index contributed by atoms with van der Waals surface area (Å²) in [5.74, 6) is 0.155. The van der Waals surface area contributed by atoms with Gasteiger partial charge in [0.15, 0.2) is 9.84 Å². The second-order valence-electron chi connectivity index (χ2n) is 5.63. The van der Waals surface area contributed by atoms with E-state index >= 15 is 0 Å². The molecule has 1 saturated heterocycles. The molecule has 7 heteroatoms. The summed E-state index contributed by atoms with van der Waals surface area (Å²) >= 11 is 0. The molecular weight excluding hydrogens is 290 g/mol. The third kappa shape index (κ3) is 3.29. The summed E-state index contributed by atoms with van der Waals surface area (Å²) in [7, 11) is 0.407. The summed E-state index contributed by atoms with van der Waals surface area (Å²) in [6.07, 6.45) is 0. The fraction of sp³-hybridized carbons (Fsp3) is 0.500. The van der Waals surface area contributed by atoms with Crippen LogP contribution in [-0.2, 0) is 9.84 Å². The zero-order valence-corrected chi connectivity index (χ0v) is 13.4. The van der Waals surface area contributed by atoms with Crippen molar-refractivity contribution < 1.29 is 13.2 Å². The normalized spacial score (nSPS) is 21.1.